The van der Waals surface area contributed by atoms with Crippen molar-refractivity contribution in [2.24, 2.45) is 0 Å². The second kappa shape index (κ2) is 6.14. The van der Waals surface area contributed by atoms with Gasteiger partial charge in [0.2, 0.25) is 0 Å². The highest BCUT2D eigenvalue weighted by Crippen LogP contribution is 2.35. The van der Waals surface area contributed by atoms with E-state index in [1.54, 1.807) is 17.5 Å². The zero-order valence-corrected chi connectivity index (χ0v) is 15.0. The molecule has 4 heterocycles. The zero-order chi connectivity index (χ0) is 16.7. The predicted molar refractivity (Wildman–Crippen MR) is 95.8 cm³/mol. The van der Waals surface area contributed by atoms with Crippen molar-refractivity contribution in [3.63, 3.8) is 0 Å². The van der Waals surface area contributed by atoms with Crippen LogP contribution in [-0.2, 0) is 11.3 Å². The Kier molecular flexibility index (Phi) is 3.97. The van der Waals surface area contributed by atoms with E-state index in [1.807, 2.05) is 23.9 Å². The van der Waals surface area contributed by atoms with Crippen molar-refractivity contribution < 1.29 is 4.74 Å². The highest BCUT2D eigenvalue weighted by Gasteiger charge is 2.25. The number of aryl methyl sites for hydroxylation is 3. The van der Waals surface area contributed by atoms with Crippen molar-refractivity contribution in [3.8, 4) is 0 Å². The number of hydrogen-bond donors (Lipinski definition) is 0. The van der Waals surface area contributed by atoms with Crippen molar-refractivity contribution in [1.29, 1.82) is 0 Å². The van der Waals surface area contributed by atoms with Gasteiger partial charge in [0.25, 0.3) is 0 Å². The fraction of sp³-hybridized carbons (Fsp3) is 0.471. The van der Waals surface area contributed by atoms with Gasteiger partial charge in [-0.3, -0.25) is 4.68 Å². The molecule has 1 aliphatic heterocycles. The van der Waals surface area contributed by atoms with Crippen LogP contribution in [-0.4, -0.2) is 45.5 Å². The van der Waals surface area contributed by atoms with Crippen LogP contribution < -0.4 is 4.90 Å². The maximum atomic E-state index is 5.94. The Balaban J connectivity index is 1.66. The van der Waals surface area contributed by atoms with E-state index in [-0.39, 0.29) is 6.10 Å². The fourth-order valence-corrected chi connectivity index (χ4v) is 4.27. The van der Waals surface area contributed by atoms with Crippen LogP contribution in [0.5, 0.6) is 0 Å². The smallest absolute Gasteiger partial charge is 0.141 e. The monoisotopic (exact) mass is 343 g/mol. The molecule has 1 atom stereocenters. The number of morpholine rings is 1. The lowest BCUT2D eigenvalue weighted by atomic mass is 10.2. The average Bonchev–Trinajstić information content (AvgIpc) is 3.16. The van der Waals surface area contributed by atoms with Crippen LogP contribution in [0.4, 0.5) is 5.82 Å². The Hall–Kier alpha value is -1.99. The first-order valence-electron chi connectivity index (χ1n) is 8.20. The lowest BCUT2D eigenvalue weighted by Crippen LogP contribution is -2.44. The summed E-state index contributed by atoms with van der Waals surface area (Å²) in [5.74, 6) is 1.88. The van der Waals surface area contributed by atoms with E-state index in [2.05, 4.69) is 28.8 Å². The van der Waals surface area contributed by atoms with Gasteiger partial charge in [0.1, 0.15) is 16.5 Å². The summed E-state index contributed by atoms with van der Waals surface area (Å²) in [5.41, 5.74) is 1.29. The van der Waals surface area contributed by atoms with E-state index in [0.29, 0.717) is 6.61 Å². The molecule has 4 rings (SSSR count). The summed E-state index contributed by atoms with van der Waals surface area (Å²) in [6.07, 6.45) is 3.89. The van der Waals surface area contributed by atoms with Crippen LogP contribution in [0.2, 0.25) is 0 Å². The normalized spacial score (nSPS) is 18.5. The summed E-state index contributed by atoms with van der Waals surface area (Å²) < 4.78 is 7.86. The van der Waals surface area contributed by atoms with Crippen LogP contribution >= 0.6 is 11.3 Å². The van der Waals surface area contributed by atoms with Gasteiger partial charge < -0.3 is 9.64 Å². The second-order valence-electron chi connectivity index (χ2n) is 6.22. The maximum absolute atomic E-state index is 5.94. The van der Waals surface area contributed by atoms with Crippen molar-refractivity contribution >= 4 is 27.4 Å². The van der Waals surface area contributed by atoms with Crippen molar-refractivity contribution in [2.75, 3.05) is 24.6 Å². The molecule has 0 amide bonds. The minimum absolute atomic E-state index is 0.115. The molecular weight excluding hydrogens is 322 g/mol. The Labute approximate surface area is 145 Å². The first kappa shape index (κ1) is 15.5. The van der Waals surface area contributed by atoms with E-state index in [0.717, 1.165) is 36.1 Å². The van der Waals surface area contributed by atoms with Crippen molar-refractivity contribution in [1.82, 2.24) is 19.7 Å². The standard InChI is InChI=1S/C17H21N5OS/c1-11-12(2)24-17-15(11)16(19-13(3)20-17)21-7-8-23-14(9-21)10-22-6-4-5-18-22/h4-6,14H,7-10H2,1-3H3/t14-/m1/s1. The predicted octanol–water partition coefficient (Wildman–Crippen LogP) is 2.72. The maximum Gasteiger partial charge on any atom is 0.141 e. The summed E-state index contributed by atoms with van der Waals surface area (Å²) in [6.45, 7) is 9.43. The SMILES string of the molecule is Cc1nc(N2CCO[C@@H](Cn3cccn3)C2)c2c(C)c(C)sc2n1. The molecule has 1 fully saturated rings. The third kappa shape index (κ3) is 2.78. The van der Waals surface area contributed by atoms with Crippen molar-refractivity contribution in [2.45, 2.75) is 33.4 Å². The lowest BCUT2D eigenvalue weighted by molar-refractivity contribution is 0.0272. The van der Waals surface area contributed by atoms with E-state index < -0.39 is 0 Å². The molecule has 7 heteroatoms. The van der Waals surface area contributed by atoms with Crippen LogP contribution in [0.1, 0.15) is 16.3 Å². The molecule has 3 aromatic rings. The van der Waals surface area contributed by atoms with Crippen LogP contribution in [0, 0.1) is 20.8 Å². The third-order valence-electron chi connectivity index (χ3n) is 4.51. The molecule has 0 aromatic carbocycles. The van der Waals surface area contributed by atoms with Crippen molar-refractivity contribution in [3.05, 3.63) is 34.7 Å². The van der Waals surface area contributed by atoms with Gasteiger partial charge in [-0.25, -0.2) is 9.97 Å². The number of thiophene rings is 1. The molecule has 126 valence electrons. The van der Waals surface area contributed by atoms with Gasteiger partial charge >= 0.3 is 0 Å². The van der Waals surface area contributed by atoms with Gasteiger partial charge in [0.15, 0.2) is 0 Å². The summed E-state index contributed by atoms with van der Waals surface area (Å²) in [7, 11) is 0. The van der Waals surface area contributed by atoms with Gasteiger partial charge in [-0.05, 0) is 32.4 Å². The number of aromatic nitrogens is 4. The van der Waals surface area contributed by atoms with Crippen LogP contribution in [0.3, 0.4) is 0 Å². The summed E-state index contributed by atoms with van der Waals surface area (Å²) >= 11 is 1.75. The van der Waals surface area contributed by atoms with Crippen LogP contribution in [0.15, 0.2) is 18.5 Å². The number of hydrogen-bond acceptors (Lipinski definition) is 6. The van der Waals surface area contributed by atoms with Gasteiger partial charge in [-0.1, -0.05) is 0 Å². The lowest BCUT2D eigenvalue weighted by Gasteiger charge is -2.34. The first-order chi connectivity index (χ1) is 11.6. The van der Waals surface area contributed by atoms with Crippen LogP contribution in [0.25, 0.3) is 10.2 Å². The van der Waals surface area contributed by atoms with E-state index >= 15 is 0 Å². The number of anilines is 1. The zero-order valence-electron chi connectivity index (χ0n) is 14.2. The fourth-order valence-electron chi connectivity index (χ4n) is 3.20. The Morgan fingerprint density at radius 1 is 1.29 bits per heavy atom. The highest BCUT2D eigenvalue weighted by molar-refractivity contribution is 7.18. The summed E-state index contributed by atoms with van der Waals surface area (Å²) in [5, 5.41) is 5.48. The highest BCUT2D eigenvalue weighted by atomic mass is 32.1. The van der Waals surface area contributed by atoms with E-state index in [4.69, 9.17) is 9.72 Å². The summed E-state index contributed by atoms with van der Waals surface area (Å²) in [6, 6.07) is 1.94. The first-order valence-corrected chi connectivity index (χ1v) is 9.02. The number of rotatable bonds is 3. The average molecular weight is 343 g/mol. The van der Waals surface area contributed by atoms with Gasteiger partial charge in [-0.15, -0.1) is 11.3 Å². The van der Waals surface area contributed by atoms with E-state index in [1.165, 1.54) is 15.8 Å². The third-order valence-corrected chi connectivity index (χ3v) is 5.61. The molecule has 0 radical (unpaired) electrons. The minimum Gasteiger partial charge on any atom is -0.373 e. The molecule has 0 unspecified atom stereocenters. The molecule has 1 aliphatic rings. The summed E-state index contributed by atoms with van der Waals surface area (Å²) in [4.78, 5) is 14.1. The molecule has 0 N–H and O–H groups in total. The number of fused-ring (bicyclic) bond motifs is 1. The molecule has 3 aromatic heterocycles. The van der Waals surface area contributed by atoms with Gasteiger partial charge in [0.05, 0.1) is 24.6 Å². The molecule has 0 aliphatic carbocycles. The van der Waals surface area contributed by atoms with E-state index in [9.17, 15) is 0 Å². The Bertz CT molecular complexity index is 858. The Morgan fingerprint density at radius 3 is 2.96 bits per heavy atom. The number of nitrogens with zero attached hydrogens (tertiary/aromatic N) is 5. The second-order valence-corrected chi connectivity index (χ2v) is 7.43. The number of ether oxygens (including phenoxy) is 1. The molecule has 24 heavy (non-hydrogen) atoms. The molecule has 0 spiro atoms. The molecule has 1 saturated heterocycles. The van der Waals surface area contributed by atoms with Gasteiger partial charge in [-0.2, -0.15) is 5.10 Å². The quantitative estimate of drug-likeness (QED) is 0.732. The molecule has 6 nitrogen and oxygen atoms in total. The largest absolute Gasteiger partial charge is 0.373 e. The molecule has 0 saturated carbocycles. The molecule has 0 bridgehead atoms. The molecular formula is C17H21N5OS. The topological polar surface area (TPSA) is 56.1 Å². The minimum atomic E-state index is 0.115. The Morgan fingerprint density at radius 2 is 2.17 bits per heavy atom. The van der Waals surface area contributed by atoms with Gasteiger partial charge in [0, 0.05) is 30.4 Å².